The highest BCUT2D eigenvalue weighted by Gasteiger charge is 2.41. The summed E-state index contributed by atoms with van der Waals surface area (Å²) < 4.78 is 5.12. The Balaban J connectivity index is 2.52. The van der Waals surface area contributed by atoms with E-state index in [1.807, 2.05) is 0 Å². The van der Waals surface area contributed by atoms with Gasteiger partial charge in [-0.3, -0.25) is 0 Å². The van der Waals surface area contributed by atoms with Crippen molar-refractivity contribution in [3.8, 4) is 0 Å². The number of hydrogen-bond donors (Lipinski definition) is 1. The van der Waals surface area contributed by atoms with Gasteiger partial charge in [-0.2, -0.15) is 0 Å². The molecule has 1 aliphatic carbocycles. The van der Waals surface area contributed by atoms with Gasteiger partial charge in [0, 0.05) is 12.5 Å². The van der Waals surface area contributed by atoms with Gasteiger partial charge in [-0.1, -0.05) is 20.8 Å². The molecule has 1 rings (SSSR count). The number of nitrogens with one attached hydrogen (secondary N) is 1. The van der Waals surface area contributed by atoms with Crippen LogP contribution in [0, 0.1) is 10.8 Å². The van der Waals surface area contributed by atoms with E-state index in [2.05, 4.69) is 31.1 Å². The Morgan fingerprint density at radius 2 is 2.00 bits per heavy atom. The van der Waals surface area contributed by atoms with Crippen LogP contribution >= 0.6 is 0 Å². The predicted octanol–water partition coefficient (Wildman–Crippen LogP) is 3.00. The first-order valence-electron chi connectivity index (χ1n) is 8.12. The molecular formula is C17H28N2O4. The van der Waals surface area contributed by atoms with Crippen molar-refractivity contribution in [2.24, 2.45) is 15.8 Å². The average molecular weight is 324 g/mol. The van der Waals surface area contributed by atoms with Crippen LogP contribution < -0.4 is 5.32 Å². The quantitative estimate of drug-likeness (QED) is 0.443. The maximum atomic E-state index is 11.9. The standard InChI is InChI=1S/C17H28N2O4/c1-13(21)6-5-7-23-15(22)19-14-8-16(2,3)10-17(4,9-14)11-18-12-20/h14H,5-11H2,1-4H3,(H,19,22). The second-order valence-corrected chi connectivity index (χ2v) is 7.75. The highest BCUT2D eigenvalue weighted by Crippen LogP contribution is 2.46. The maximum Gasteiger partial charge on any atom is 0.407 e. The molecule has 23 heavy (non-hydrogen) atoms. The molecule has 6 heteroatoms. The normalized spacial score (nSPS) is 26.0. The summed E-state index contributed by atoms with van der Waals surface area (Å²) in [6, 6.07) is -0.00842. The van der Waals surface area contributed by atoms with E-state index >= 15 is 0 Å². The maximum absolute atomic E-state index is 11.9. The number of isocyanates is 1. The lowest BCUT2D eigenvalue weighted by molar-refractivity contribution is -0.117. The Hall–Kier alpha value is -1.68. The fourth-order valence-corrected chi connectivity index (χ4v) is 3.77. The summed E-state index contributed by atoms with van der Waals surface area (Å²) in [5, 5.41) is 2.91. The summed E-state index contributed by atoms with van der Waals surface area (Å²) in [5.74, 6) is 0.0922. The van der Waals surface area contributed by atoms with Gasteiger partial charge >= 0.3 is 6.09 Å². The fourth-order valence-electron chi connectivity index (χ4n) is 3.77. The van der Waals surface area contributed by atoms with Crippen molar-refractivity contribution in [3.05, 3.63) is 0 Å². The molecule has 0 aromatic rings. The molecular weight excluding hydrogens is 296 g/mol. The SMILES string of the molecule is CC(=O)CCCOC(=O)NC1CC(C)(C)CC(C)(CN=C=O)C1. The zero-order valence-electron chi connectivity index (χ0n) is 14.6. The molecule has 1 saturated carbocycles. The van der Waals surface area contributed by atoms with E-state index in [0.717, 1.165) is 19.3 Å². The van der Waals surface area contributed by atoms with Crippen LogP contribution in [0.25, 0.3) is 0 Å². The number of ether oxygens (including phenoxy) is 1. The lowest BCUT2D eigenvalue weighted by Crippen LogP contribution is -2.48. The van der Waals surface area contributed by atoms with Crippen molar-refractivity contribution in [1.82, 2.24) is 5.32 Å². The van der Waals surface area contributed by atoms with Gasteiger partial charge < -0.3 is 14.8 Å². The third-order valence-corrected chi connectivity index (χ3v) is 4.20. The number of Topliss-reactive ketones (excluding diaryl/α,β-unsaturated/α-hetero) is 1. The highest BCUT2D eigenvalue weighted by atomic mass is 16.5. The topological polar surface area (TPSA) is 84.8 Å². The number of carbonyl (C=O) groups is 2. The molecule has 1 fully saturated rings. The van der Waals surface area contributed by atoms with Crippen LogP contribution in [0.5, 0.6) is 0 Å². The van der Waals surface area contributed by atoms with Crippen molar-refractivity contribution in [2.75, 3.05) is 13.2 Å². The summed E-state index contributed by atoms with van der Waals surface area (Å²) in [6.45, 7) is 8.58. The van der Waals surface area contributed by atoms with Gasteiger partial charge in [0.15, 0.2) is 0 Å². The smallest absolute Gasteiger partial charge is 0.407 e. The minimum atomic E-state index is -0.447. The van der Waals surface area contributed by atoms with Crippen molar-refractivity contribution in [1.29, 1.82) is 0 Å². The molecule has 6 nitrogen and oxygen atoms in total. The van der Waals surface area contributed by atoms with Crippen LogP contribution in [-0.4, -0.2) is 37.1 Å². The monoisotopic (exact) mass is 324 g/mol. The number of nitrogens with zero attached hydrogens (tertiary/aromatic N) is 1. The molecule has 2 atom stereocenters. The summed E-state index contributed by atoms with van der Waals surface area (Å²) in [7, 11) is 0. The summed E-state index contributed by atoms with van der Waals surface area (Å²) in [6.07, 6.45) is 4.68. The first-order valence-corrected chi connectivity index (χ1v) is 8.12. The Morgan fingerprint density at radius 3 is 2.61 bits per heavy atom. The lowest BCUT2D eigenvalue weighted by atomic mass is 9.62. The minimum absolute atomic E-state index is 0.00842. The Bertz CT molecular complexity index is 483. The molecule has 0 bridgehead atoms. The minimum Gasteiger partial charge on any atom is -0.450 e. The van der Waals surface area contributed by atoms with E-state index in [1.165, 1.54) is 6.92 Å². The van der Waals surface area contributed by atoms with Crippen molar-refractivity contribution >= 4 is 18.0 Å². The van der Waals surface area contributed by atoms with Crippen LogP contribution in [0.4, 0.5) is 4.79 Å². The molecule has 1 N–H and O–H groups in total. The van der Waals surface area contributed by atoms with Gasteiger partial charge in [-0.15, -0.1) is 0 Å². The van der Waals surface area contributed by atoms with E-state index in [-0.39, 0.29) is 29.3 Å². The lowest BCUT2D eigenvalue weighted by Gasteiger charge is -2.45. The van der Waals surface area contributed by atoms with Crippen LogP contribution in [0.3, 0.4) is 0 Å². The molecule has 0 spiro atoms. The number of alkyl carbamates (subject to hydrolysis) is 1. The zero-order valence-corrected chi connectivity index (χ0v) is 14.6. The number of amides is 1. The van der Waals surface area contributed by atoms with Gasteiger partial charge in [0.1, 0.15) is 5.78 Å². The van der Waals surface area contributed by atoms with Crippen molar-refractivity contribution < 1.29 is 19.1 Å². The van der Waals surface area contributed by atoms with Crippen LogP contribution in [0.2, 0.25) is 0 Å². The third kappa shape index (κ3) is 7.42. The number of hydrogen-bond acceptors (Lipinski definition) is 5. The number of carbonyl (C=O) groups excluding carboxylic acids is 3. The molecule has 1 aliphatic rings. The molecule has 2 unspecified atom stereocenters. The number of ketones is 1. The second-order valence-electron chi connectivity index (χ2n) is 7.75. The van der Waals surface area contributed by atoms with Crippen LogP contribution in [0.15, 0.2) is 4.99 Å². The summed E-state index contributed by atoms with van der Waals surface area (Å²) >= 11 is 0. The predicted molar refractivity (Wildman–Crippen MR) is 86.9 cm³/mol. The zero-order chi connectivity index (χ0) is 17.5. The Labute approximate surface area is 138 Å². The van der Waals surface area contributed by atoms with E-state index in [1.54, 1.807) is 6.08 Å². The molecule has 0 radical (unpaired) electrons. The molecule has 0 heterocycles. The van der Waals surface area contributed by atoms with Gasteiger partial charge in [-0.05, 0) is 43.4 Å². The molecule has 0 saturated heterocycles. The van der Waals surface area contributed by atoms with Crippen molar-refractivity contribution in [2.45, 2.75) is 65.8 Å². The van der Waals surface area contributed by atoms with Crippen molar-refractivity contribution in [3.63, 3.8) is 0 Å². The summed E-state index contributed by atoms with van der Waals surface area (Å²) in [4.78, 5) is 36.9. The summed E-state index contributed by atoms with van der Waals surface area (Å²) in [5.41, 5.74) is -0.0796. The first-order chi connectivity index (χ1) is 10.7. The van der Waals surface area contributed by atoms with E-state index < -0.39 is 6.09 Å². The van der Waals surface area contributed by atoms with E-state index in [4.69, 9.17) is 4.74 Å². The van der Waals surface area contributed by atoms with Gasteiger partial charge in [0.05, 0.1) is 13.2 Å². The number of aliphatic imine (C=N–C) groups is 1. The molecule has 130 valence electrons. The largest absolute Gasteiger partial charge is 0.450 e. The fraction of sp³-hybridized carbons (Fsp3) is 0.824. The van der Waals surface area contributed by atoms with E-state index in [0.29, 0.717) is 19.4 Å². The van der Waals surface area contributed by atoms with Crippen LogP contribution in [-0.2, 0) is 14.3 Å². The van der Waals surface area contributed by atoms with Gasteiger partial charge in [0.2, 0.25) is 6.08 Å². The Kier molecular flexibility index (Phi) is 6.95. The van der Waals surface area contributed by atoms with Gasteiger partial charge in [-0.25, -0.2) is 14.6 Å². The molecule has 0 aromatic carbocycles. The number of rotatable bonds is 7. The van der Waals surface area contributed by atoms with Crippen LogP contribution in [0.1, 0.15) is 59.8 Å². The average Bonchev–Trinajstić information content (AvgIpc) is 2.39. The highest BCUT2D eigenvalue weighted by molar-refractivity contribution is 5.75. The first kappa shape index (κ1) is 19.4. The molecule has 1 amide bonds. The second kappa shape index (κ2) is 8.25. The molecule has 0 aromatic heterocycles. The van der Waals surface area contributed by atoms with Gasteiger partial charge in [0.25, 0.3) is 0 Å². The molecule has 0 aliphatic heterocycles. The van der Waals surface area contributed by atoms with E-state index in [9.17, 15) is 14.4 Å². The Morgan fingerprint density at radius 1 is 1.30 bits per heavy atom. The third-order valence-electron chi connectivity index (χ3n) is 4.20.